The number of methoxy groups -OCH3 is 3. The van der Waals surface area contributed by atoms with Crippen LogP contribution in [0.3, 0.4) is 0 Å². The maximum absolute atomic E-state index is 12.3. The summed E-state index contributed by atoms with van der Waals surface area (Å²) in [4.78, 5) is 23.1. The summed E-state index contributed by atoms with van der Waals surface area (Å²) in [6, 6.07) is 1.58. The minimum absolute atomic E-state index is 0.0938. The molecular formula is C15H21BrN2O5. The van der Waals surface area contributed by atoms with Crippen molar-refractivity contribution in [2.75, 3.05) is 34.4 Å². The smallest absolute Gasteiger partial charge is 0.252 e. The number of rotatable bonds is 8. The number of ether oxygens (including phenoxy) is 3. The monoisotopic (exact) mass is 388 g/mol. The third-order valence-electron chi connectivity index (χ3n) is 3.03. The molecule has 23 heavy (non-hydrogen) atoms. The average Bonchev–Trinajstić information content (AvgIpc) is 2.53. The van der Waals surface area contributed by atoms with E-state index in [9.17, 15) is 9.59 Å². The second-order valence-electron chi connectivity index (χ2n) is 4.60. The SMILES string of the molecule is COc1cc(C(=O)NCCCNC(C)=O)c(Br)c(OC)c1OC. The number of halogens is 1. The molecule has 0 heterocycles. The van der Waals surface area contributed by atoms with Crippen LogP contribution in [0.15, 0.2) is 10.5 Å². The zero-order valence-electron chi connectivity index (χ0n) is 13.6. The molecule has 1 rings (SSSR count). The van der Waals surface area contributed by atoms with Crippen molar-refractivity contribution in [3.63, 3.8) is 0 Å². The van der Waals surface area contributed by atoms with E-state index in [0.717, 1.165) is 0 Å². The molecule has 0 saturated carbocycles. The number of carbonyl (C=O) groups is 2. The Morgan fingerprint density at radius 2 is 1.65 bits per heavy atom. The fourth-order valence-corrected chi connectivity index (χ4v) is 2.57. The Morgan fingerprint density at radius 3 is 2.17 bits per heavy atom. The van der Waals surface area contributed by atoms with Crippen molar-refractivity contribution in [2.45, 2.75) is 13.3 Å². The van der Waals surface area contributed by atoms with E-state index in [1.807, 2.05) is 0 Å². The standard InChI is InChI=1S/C15H21BrN2O5/c1-9(19)17-6-5-7-18-15(20)10-8-11(21-2)13(22-3)14(23-4)12(10)16/h8H,5-7H2,1-4H3,(H,17,19)(H,18,20). The molecule has 128 valence electrons. The molecule has 2 N–H and O–H groups in total. The second kappa shape index (κ2) is 9.24. The van der Waals surface area contributed by atoms with Gasteiger partial charge in [-0.05, 0) is 28.4 Å². The van der Waals surface area contributed by atoms with Crippen LogP contribution in [-0.2, 0) is 4.79 Å². The minimum Gasteiger partial charge on any atom is -0.493 e. The zero-order chi connectivity index (χ0) is 17.4. The van der Waals surface area contributed by atoms with Crippen molar-refractivity contribution in [1.82, 2.24) is 10.6 Å². The van der Waals surface area contributed by atoms with Gasteiger partial charge in [-0.3, -0.25) is 9.59 Å². The number of benzene rings is 1. The molecule has 1 aromatic rings. The van der Waals surface area contributed by atoms with E-state index < -0.39 is 0 Å². The molecule has 8 heteroatoms. The van der Waals surface area contributed by atoms with Gasteiger partial charge in [0.15, 0.2) is 11.5 Å². The summed E-state index contributed by atoms with van der Waals surface area (Å²) in [6.45, 7) is 2.39. The molecule has 0 aromatic heterocycles. The largest absolute Gasteiger partial charge is 0.493 e. The number of nitrogens with one attached hydrogen (secondary N) is 2. The van der Waals surface area contributed by atoms with Crippen LogP contribution >= 0.6 is 15.9 Å². The van der Waals surface area contributed by atoms with Gasteiger partial charge in [-0.25, -0.2) is 0 Å². The van der Waals surface area contributed by atoms with Crippen LogP contribution in [0, 0.1) is 0 Å². The van der Waals surface area contributed by atoms with E-state index >= 15 is 0 Å². The lowest BCUT2D eigenvalue weighted by molar-refractivity contribution is -0.118. The molecule has 0 atom stereocenters. The number of hydrogen-bond donors (Lipinski definition) is 2. The minimum atomic E-state index is -0.279. The summed E-state index contributed by atoms with van der Waals surface area (Å²) in [5.74, 6) is 0.818. The first-order valence-electron chi connectivity index (χ1n) is 6.97. The molecule has 1 aromatic carbocycles. The van der Waals surface area contributed by atoms with Crippen molar-refractivity contribution in [3.05, 3.63) is 16.1 Å². The van der Waals surface area contributed by atoms with Crippen LogP contribution in [0.25, 0.3) is 0 Å². The van der Waals surface area contributed by atoms with Crippen molar-refractivity contribution < 1.29 is 23.8 Å². The molecule has 0 aliphatic carbocycles. The summed E-state index contributed by atoms with van der Waals surface area (Å²) >= 11 is 3.36. The Morgan fingerprint density at radius 1 is 1.04 bits per heavy atom. The molecule has 0 aliphatic heterocycles. The molecule has 0 unspecified atom stereocenters. The Labute approximate surface area is 143 Å². The van der Waals surface area contributed by atoms with Gasteiger partial charge in [0, 0.05) is 20.0 Å². The first-order chi connectivity index (χ1) is 11.0. The molecule has 7 nitrogen and oxygen atoms in total. The number of hydrogen-bond acceptors (Lipinski definition) is 5. The fraction of sp³-hybridized carbons (Fsp3) is 0.467. The van der Waals surface area contributed by atoms with Gasteiger partial charge in [-0.15, -0.1) is 0 Å². The van der Waals surface area contributed by atoms with Gasteiger partial charge < -0.3 is 24.8 Å². The van der Waals surface area contributed by atoms with Crippen molar-refractivity contribution >= 4 is 27.7 Å². The van der Waals surface area contributed by atoms with Crippen LogP contribution in [0.5, 0.6) is 17.2 Å². The maximum Gasteiger partial charge on any atom is 0.252 e. The normalized spacial score (nSPS) is 9.96. The third kappa shape index (κ3) is 5.02. The topological polar surface area (TPSA) is 85.9 Å². The van der Waals surface area contributed by atoms with E-state index in [1.54, 1.807) is 6.07 Å². The maximum atomic E-state index is 12.3. The third-order valence-corrected chi connectivity index (χ3v) is 3.81. The predicted octanol–water partition coefficient (Wildman–Crippen LogP) is 1.73. The van der Waals surface area contributed by atoms with E-state index in [2.05, 4.69) is 26.6 Å². The molecule has 0 saturated heterocycles. The van der Waals surface area contributed by atoms with Crippen LogP contribution < -0.4 is 24.8 Å². The van der Waals surface area contributed by atoms with Crippen LogP contribution in [-0.4, -0.2) is 46.2 Å². The summed E-state index contributed by atoms with van der Waals surface area (Å²) in [5, 5.41) is 5.45. The Balaban J connectivity index is 2.86. The molecule has 0 fully saturated rings. The second-order valence-corrected chi connectivity index (χ2v) is 5.39. The van der Waals surface area contributed by atoms with Gasteiger partial charge >= 0.3 is 0 Å². The van der Waals surface area contributed by atoms with Gasteiger partial charge in [-0.2, -0.15) is 0 Å². The van der Waals surface area contributed by atoms with E-state index in [1.165, 1.54) is 28.3 Å². The number of carbonyl (C=O) groups excluding carboxylic acids is 2. The van der Waals surface area contributed by atoms with Crippen LogP contribution in [0.4, 0.5) is 0 Å². The molecule has 0 radical (unpaired) electrons. The van der Waals surface area contributed by atoms with Gasteiger partial charge in [-0.1, -0.05) is 0 Å². The zero-order valence-corrected chi connectivity index (χ0v) is 15.2. The van der Waals surface area contributed by atoms with Crippen molar-refractivity contribution in [1.29, 1.82) is 0 Å². The summed E-state index contributed by atoms with van der Waals surface area (Å²) in [6.07, 6.45) is 0.632. The van der Waals surface area contributed by atoms with E-state index in [0.29, 0.717) is 46.8 Å². The molecule has 0 bridgehead atoms. The lowest BCUT2D eigenvalue weighted by Gasteiger charge is -2.16. The van der Waals surface area contributed by atoms with Crippen molar-refractivity contribution in [3.8, 4) is 17.2 Å². The molecule has 0 spiro atoms. The first-order valence-corrected chi connectivity index (χ1v) is 7.76. The summed E-state index contributed by atoms with van der Waals surface area (Å²) in [5.41, 5.74) is 0.374. The van der Waals surface area contributed by atoms with Crippen molar-refractivity contribution in [2.24, 2.45) is 0 Å². The highest BCUT2D eigenvalue weighted by molar-refractivity contribution is 9.10. The number of amides is 2. The summed E-state index contributed by atoms with van der Waals surface area (Å²) < 4.78 is 16.3. The van der Waals surface area contributed by atoms with E-state index in [-0.39, 0.29) is 11.8 Å². The van der Waals surface area contributed by atoms with Gasteiger partial charge in [0.25, 0.3) is 5.91 Å². The van der Waals surface area contributed by atoms with Gasteiger partial charge in [0.1, 0.15) is 0 Å². The molecular weight excluding hydrogens is 368 g/mol. The highest BCUT2D eigenvalue weighted by Gasteiger charge is 2.22. The Kier molecular flexibility index (Phi) is 7.67. The van der Waals surface area contributed by atoms with E-state index in [4.69, 9.17) is 14.2 Å². The lowest BCUT2D eigenvalue weighted by Crippen LogP contribution is -2.29. The first kappa shape index (κ1) is 19.1. The molecule has 2 amide bonds. The van der Waals surface area contributed by atoms with Crippen LogP contribution in [0.2, 0.25) is 0 Å². The Hall–Kier alpha value is -1.96. The molecule has 0 aliphatic rings. The summed E-state index contributed by atoms with van der Waals surface area (Å²) in [7, 11) is 4.46. The average molecular weight is 389 g/mol. The highest BCUT2D eigenvalue weighted by Crippen LogP contribution is 2.44. The van der Waals surface area contributed by atoms with Gasteiger partial charge in [0.05, 0.1) is 31.4 Å². The highest BCUT2D eigenvalue weighted by atomic mass is 79.9. The quantitative estimate of drug-likeness (QED) is 0.662. The van der Waals surface area contributed by atoms with Gasteiger partial charge in [0.2, 0.25) is 11.7 Å². The lowest BCUT2D eigenvalue weighted by atomic mass is 10.1. The Bertz CT molecular complexity index is 577. The predicted molar refractivity (Wildman–Crippen MR) is 89.4 cm³/mol. The van der Waals surface area contributed by atoms with Crippen LogP contribution in [0.1, 0.15) is 23.7 Å². The fourth-order valence-electron chi connectivity index (χ4n) is 1.94.